The van der Waals surface area contributed by atoms with Crippen LogP contribution in [-0.2, 0) is 47.6 Å². The Morgan fingerprint density at radius 2 is 1.27 bits per heavy atom. The van der Waals surface area contributed by atoms with Crippen molar-refractivity contribution >= 4 is 23.9 Å². The lowest BCUT2D eigenvalue weighted by Crippen LogP contribution is -3.08. The molecular formula is C30H50NO10+. The third kappa shape index (κ3) is 14.2. The SMILES string of the molecule is C#CC[NH+](C)CCCCOC1OC(COC(=O)CCC)C(OC(=O)CCC)C(OC(=O)CCC)C1OC(=O)CCC. The van der Waals surface area contributed by atoms with Gasteiger partial charge in [-0.1, -0.05) is 27.7 Å². The lowest BCUT2D eigenvalue weighted by atomic mass is 9.97. The largest absolute Gasteiger partial charge is 0.463 e. The van der Waals surface area contributed by atoms with Gasteiger partial charge in [0.2, 0.25) is 0 Å². The van der Waals surface area contributed by atoms with Crippen molar-refractivity contribution in [1.82, 2.24) is 0 Å². The zero-order valence-electron chi connectivity index (χ0n) is 25.4. The molecule has 1 aliphatic heterocycles. The van der Waals surface area contributed by atoms with E-state index < -0.39 is 54.6 Å². The van der Waals surface area contributed by atoms with Crippen LogP contribution in [-0.4, -0.2) is 87.9 Å². The van der Waals surface area contributed by atoms with Crippen molar-refractivity contribution < 1.29 is 52.5 Å². The molecule has 6 unspecified atom stereocenters. The van der Waals surface area contributed by atoms with E-state index >= 15 is 0 Å². The van der Waals surface area contributed by atoms with Gasteiger partial charge in [-0.15, -0.1) is 6.42 Å². The van der Waals surface area contributed by atoms with Crippen LogP contribution in [0.15, 0.2) is 0 Å². The molecule has 6 atom stereocenters. The average molecular weight is 585 g/mol. The van der Waals surface area contributed by atoms with Gasteiger partial charge in [0.05, 0.1) is 20.2 Å². The predicted octanol–water partition coefficient (Wildman–Crippen LogP) is 2.14. The Hall–Kier alpha value is -2.68. The number of unbranched alkanes of at least 4 members (excludes halogenated alkanes) is 1. The molecule has 0 aromatic heterocycles. The standard InChI is InChI=1S/C30H49NO10/c1-7-14-23(32)37-21-22-27(39-24(33)15-8-2)28(40-25(34)16-9-3)29(41-26(35)17-10-4)30(38-22)36-20-13-12-19-31(6)18-11-5/h5,22,27-30H,7-10,12-21H2,1-4,6H3/p+1. The van der Waals surface area contributed by atoms with Gasteiger partial charge in [0, 0.05) is 25.7 Å². The number of ether oxygens (including phenoxy) is 6. The zero-order chi connectivity index (χ0) is 30.6. The summed E-state index contributed by atoms with van der Waals surface area (Å²) in [6.07, 6.45) is 3.82. The van der Waals surface area contributed by atoms with E-state index in [0.29, 0.717) is 38.6 Å². The Morgan fingerprint density at radius 1 is 0.756 bits per heavy atom. The molecule has 1 heterocycles. The topological polar surface area (TPSA) is 128 Å². The number of carbonyl (C=O) groups excluding carboxylic acids is 4. The number of rotatable bonds is 20. The molecule has 1 N–H and O–H groups in total. The highest BCUT2D eigenvalue weighted by Gasteiger charge is 2.53. The Kier molecular flexibility index (Phi) is 18.7. The monoisotopic (exact) mass is 584 g/mol. The van der Waals surface area contributed by atoms with E-state index in [9.17, 15) is 19.2 Å². The Labute approximate surface area is 244 Å². The Balaban J connectivity index is 3.30. The second-order valence-corrected chi connectivity index (χ2v) is 10.3. The molecule has 0 aromatic carbocycles. The molecule has 11 nitrogen and oxygen atoms in total. The molecule has 1 rings (SSSR count). The normalized spacial score (nSPS) is 22.7. The maximum Gasteiger partial charge on any atom is 0.306 e. The second-order valence-electron chi connectivity index (χ2n) is 10.3. The minimum Gasteiger partial charge on any atom is -0.463 e. The molecule has 0 saturated carbocycles. The average Bonchev–Trinajstić information content (AvgIpc) is 2.91. The fraction of sp³-hybridized carbons (Fsp3) is 0.800. The van der Waals surface area contributed by atoms with E-state index in [1.165, 1.54) is 4.90 Å². The molecule has 0 radical (unpaired) electrons. The molecule has 11 heteroatoms. The fourth-order valence-electron chi connectivity index (χ4n) is 4.24. The first-order chi connectivity index (χ1) is 19.7. The minimum absolute atomic E-state index is 0.109. The van der Waals surface area contributed by atoms with E-state index in [0.717, 1.165) is 13.0 Å². The maximum atomic E-state index is 12.7. The number of carbonyl (C=O) groups is 4. The highest BCUT2D eigenvalue weighted by atomic mass is 16.7. The van der Waals surface area contributed by atoms with Crippen molar-refractivity contribution in [3.05, 3.63) is 0 Å². The van der Waals surface area contributed by atoms with Gasteiger partial charge in [-0.3, -0.25) is 19.2 Å². The van der Waals surface area contributed by atoms with Crippen LogP contribution in [0.3, 0.4) is 0 Å². The molecule has 234 valence electrons. The molecule has 1 aliphatic rings. The highest BCUT2D eigenvalue weighted by Crippen LogP contribution is 2.31. The first-order valence-corrected chi connectivity index (χ1v) is 15.0. The van der Waals surface area contributed by atoms with Crippen molar-refractivity contribution in [3.8, 4) is 12.3 Å². The first kappa shape index (κ1) is 36.3. The smallest absolute Gasteiger partial charge is 0.306 e. The van der Waals surface area contributed by atoms with E-state index in [1.54, 1.807) is 0 Å². The predicted molar refractivity (Wildman–Crippen MR) is 150 cm³/mol. The number of terminal acetylenes is 1. The summed E-state index contributed by atoms with van der Waals surface area (Å²) >= 11 is 0. The lowest BCUT2D eigenvalue weighted by molar-refractivity contribution is -0.872. The summed E-state index contributed by atoms with van der Waals surface area (Å²) in [6.45, 7) is 8.79. The van der Waals surface area contributed by atoms with Crippen molar-refractivity contribution in [3.63, 3.8) is 0 Å². The third-order valence-corrected chi connectivity index (χ3v) is 6.30. The van der Waals surface area contributed by atoms with Gasteiger partial charge in [-0.05, 0) is 44.4 Å². The summed E-state index contributed by atoms with van der Waals surface area (Å²) in [6, 6.07) is 0. The summed E-state index contributed by atoms with van der Waals surface area (Å²) in [5.41, 5.74) is 0. The quantitative estimate of drug-likeness (QED) is 0.0984. The Morgan fingerprint density at radius 3 is 1.80 bits per heavy atom. The van der Waals surface area contributed by atoms with Crippen LogP contribution in [0.1, 0.15) is 91.9 Å². The van der Waals surface area contributed by atoms with Crippen molar-refractivity contribution in [2.24, 2.45) is 0 Å². The number of quaternary nitrogens is 1. The van der Waals surface area contributed by atoms with Crippen LogP contribution < -0.4 is 4.90 Å². The number of hydrogen-bond donors (Lipinski definition) is 1. The number of esters is 4. The molecule has 0 aliphatic carbocycles. The van der Waals surface area contributed by atoms with Crippen LogP contribution in [0.25, 0.3) is 0 Å². The molecule has 1 saturated heterocycles. The summed E-state index contributed by atoms with van der Waals surface area (Å²) in [4.78, 5) is 51.4. The maximum absolute atomic E-state index is 12.7. The van der Waals surface area contributed by atoms with E-state index in [-0.39, 0.29) is 38.9 Å². The molecule has 1 fully saturated rings. The second kappa shape index (κ2) is 21.1. The summed E-state index contributed by atoms with van der Waals surface area (Å²) in [7, 11) is 2.01. The Bertz CT molecular complexity index is 842. The van der Waals surface area contributed by atoms with Gasteiger partial charge in [0.1, 0.15) is 19.3 Å². The minimum atomic E-state index is -1.23. The number of nitrogens with one attached hydrogen (secondary N) is 1. The van der Waals surface area contributed by atoms with E-state index in [2.05, 4.69) is 5.92 Å². The van der Waals surface area contributed by atoms with Gasteiger partial charge in [0.15, 0.2) is 24.6 Å². The van der Waals surface area contributed by atoms with Crippen LogP contribution >= 0.6 is 0 Å². The zero-order valence-corrected chi connectivity index (χ0v) is 25.4. The molecule has 0 amide bonds. The molecule has 41 heavy (non-hydrogen) atoms. The lowest BCUT2D eigenvalue weighted by Gasteiger charge is -2.44. The number of hydrogen-bond acceptors (Lipinski definition) is 10. The van der Waals surface area contributed by atoms with Gasteiger partial charge in [-0.2, -0.15) is 0 Å². The first-order valence-electron chi connectivity index (χ1n) is 15.0. The molecule has 0 bridgehead atoms. The van der Waals surface area contributed by atoms with Gasteiger partial charge in [0.25, 0.3) is 0 Å². The fourth-order valence-corrected chi connectivity index (χ4v) is 4.24. The van der Waals surface area contributed by atoms with Gasteiger partial charge in [-0.25, -0.2) is 0 Å². The molecule has 0 aromatic rings. The van der Waals surface area contributed by atoms with Crippen LogP contribution in [0.4, 0.5) is 0 Å². The molecule has 0 spiro atoms. The van der Waals surface area contributed by atoms with Crippen molar-refractivity contribution in [2.75, 3.05) is 33.4 Å². The summed E-state index contributed by atoms with van der Waals surface area (Å²) in [5, 5.41) is 0. The van der Waals surface area contributed by atoms with Gasteiger partial charge < -0.3 is 33.3 Å². The third-order valence-electron chi connectivity index (χ3n) is 6.30. The van der Waals surface area contributed by atoms with E-state index in [1.807, 2.05) is 34.7 Å². The van der Waals surface area contributed by atoms with Crippen molar-refractivity contribution in [2.45, 2.75) is 123 Å². The van der Waals surface area contributed by atoms with Crippen molar-refractivity contribution in [1.29, 1.82) is 0 Å². The molecular weight excluding hydrogens is 534 g/mol. The summed E-state index contributed by atoms with van der Waals surface area (Å²) in [5.74, 6) is 0.568. The highest BCUT2D eigenvalue weighted by molar-refractivity contribution is 5.72. The van der Waals surface area contributed by atoms with Crippen LogP contribution in [0.2, 0.25) is 0 Å². The van der Waals surface area contributed by atoms with Crippen LogP contribution in [0, 0.1) is 12.3 Å². The van der Waals surface area contributed by atoms with E-state index in [4.69, 9.17) is 34.8 Å². The van der Waals surface area contributed by atoms with Gasteiger partial charge >= 0.3 is 23.9 Å². The van der Waals surface area contributed by atoms with Crippen LogP contribution in [0.5, 0.6) is 0 Å². The summed E-state index contributed by atoms with van der Waals surface area (Å²) < 4.78 is 34.9.